The molecule has 1 fully saturated rings. The third-order valence-electron chi connectivity index (χ3n) is 4.29. The molecule has 1 aliphatic rings. The molecule has 4 nitrogen and oxygen atoms in total. The second kappa shape index (κ2) is 6.57. The van der Waals surface area contributed by atoms with E-state index in [0.29, 0.717) is 6.04 Å². The van der Waals surface area contributed by atoms with Crippen LogP contribution in [0.25, 0.3) is 0 Å². The lowest BCUT2D eigenvalue weighted by atomic mass is 9.96. The first kappa shape index (κ1) is 15.3. The third kappa shape index (κ3) is 3.51. The number of hydrogen-bond donors (Lipinski definition) is 2. The summed E-state index contributed by atoms with van der Waals surface area (Å²) in [5, 5.41) is 12.1. The Kier molecular flexibility index (Phi) is 5.02. The van der Waals surface area contributed by atoms with E-state index >= 15 is 0 Å². The van der Waals surface area contributed by atoms with Crippen LogP contribution in [0.3, 0.4) is 0 Å². The van der Waals surface area contributed by atoms with Crippen LogP contribution in [0.2, 0.25) is 0 Å². The molecule has 0 radical (unpaired) electrons. The molecule has 0 aliphatic heterocycles. The molecule has 0 saturated heterocycles. The van der Waals surface area contributed by atoms with Crippen molar-refractivity contribution in [2.45, 2.75) is 65.0 Å². The fourth-order valence-corrected chi connectivity index (χ4v) is 3.50. The van der Waals surface area contributed by atoms with E-state index in [-0.39, 0.29) is 6.04 Å². The maximum Gasteiger partial charge on any atom is 0.166 e. The summed E-state index contributed by atoms with van der Waals surface area (Å²) in [6.45, 7) is 6.30. The molecule has 0 spiro atoms. The van der Waals surface area contributed by atoms with Crippen LogP contribution < -0.4 is 10.6 Å². The summed E-state index contributed by atoms with van der Waals surface area (Å²) in [5.41, 5.74) is 3.52. The Balaban J connectivity index is 1.93. The maximum atomic E-state index is 5.45. The molecule has 20 heavy (non-hydrogen) atoms. The van der Waals surface area contributed by atoms with Gasteiger partial charge in [-0.05, 0) is 45.8 Å². The molecule has 1 heterocycles. The van der Waals surface area contributed by atoms with Crippen LogP contribution in [0.5, 0.6) is 0 Å². The Morgan fingerprint density at radius 3 is 2.50 bits per heavy atom. The third-order valence-corrected chi connectivity index (χ3v) is 4.52. The van der Waals surface area contributed by atoms with E-state index in [2.05, 4.69) is 36.5 Å². The van der Waals surface area contributed by atoms with Gasteiger partial charge in [0.05, 0.1) is 11.7 Å². The highest BCUT2D eigenvalue weighted by molar-refractivity contribution is 7.80. The van der Waals surface area contributed by atoms with Gasteiger partial charge in [-0.3, -0.25) is 4.68 Å². The van der Waals surface area contributed by atoms with E-state index in [0.717, 1.165) is 10.8 Å². The minimum Gasteiger partial charge on any atom is -0.360 e. The van der Waals surface area contributed by atoms with Gasteiger partial charge in [0.2, 0.25) is 0 Å². The molecule has 1 unspecified atom stereocenters. The molecular formula is C15H26N4S. The molecular weight excluding hydrogens is 268 g/mol. The van der Waals surface area contributed by atoms with Crippen LogP contribution >= 0.6 is 12.2 Å². The molecule has 2 N–H and O–H groups in total. The summed E-state index contributed by atoms with van der Waals surface area (Å²) in [5.74, 6) is 0. The van der Waals surface area contributed by atoms with E-state index in [1.807, 2.05) is 11.7 Å². The highest BCUT2D eigenvalue weighted by atomic mass is 32.1. The molecule has 1 aromatic heterocycles. The predicted octanol–water partition coefficient (Wildman–Crippen LogP) is 2.89. The van der Waals surface area contributed by atoms with Gasteiger partial charge in [-0.1, -0.05) is 19.3 Å². The molecule has 112 valence electrons. The van der Waals surface area contributed by atoms with Crippen LogP contribution in [0.1, 0.15) is 62.0 Å². The van der Waals surface area contributed by atoms with Crippen molar-refractivity contribution in [3.63, 3.8) is 0 Å². The first-order chi connectivity index (χ1) is 9.49. The van der Waals surface area contributed by atoms with Gasteiger partial charge >= 0.3 is 0 Å². The minimum absolute atomic E-state index is 0.187. The zero-order valence-electron chi connectivity index (χ0n) is 13.0. The highest BCUT2D eigenvalue weighted by Gasteiger charge is 2.19. The van der Waals surface area contributed by atoms with Crippen LogP contribution in [-0.4, -0.2) is 20.9 Å². The topological polar surface area (TPSA) is 41.9 Å². The zero-order valence-corrected chi connectivity index (χ0v) is 13.8. The Hall–Kier alpha value is -1.10. The van der Waals surface area contributed by atoms with Crippen molar-refractivity contribution >= 4 is 17.3 Å². The van der Waals surface area contributed by atoms with Gasteiger partial charge in [0.25, 0.3) is 0 Å². The van der Waals surface area contributed by atoms with E-state index in [9.17, 15) is 0 Å². The van der Waals surface area contributed by atoms with Gasteiger partial charge in [-0.25, -0.2) is 0 Å². The molecule has 5 heteroatoms. The average molecular weight is 294 g/mol. The summed E-state index contributed by atoms with van der Waals surface area (Å²) < 4.78 is 1.93. The van der Waals surface area contributed by atoms with E-state index < -0.39 is 0 Å². The lowest BCUT2D eigenvalue weighted by molar-refractivity contribution is 0.411. The smallest absolute Gasteiger partial charge is 0.166 e. The number of rotatable bonds is 3. The summed E-state index contributed by atoms with van der Waals surface area (Å²) in [6, 6.07) is 0.735. The van der Waals surface area contributed by atoms with Crippen LogP contribution in [0.15, 0.2) is 0 Å². The van der Waals surface area contributed by atoms with Crippen molar-refractivity contribution < 1.29 is 0 Å². The number of aromatic nitrogens is 2. The predicted molar refractivity (Wildman–Crippen MR) is 86.8 cm³/mol. The van der Waals surface area contributed by atoms with Crippen molar-refractivity contribution in [3.05, 3.63) is 17.0 Å². The highest BCUT2D eigenvalue weighted by Crippen LogP contribution is 2.21. The van der Waals surface area contributed by atoms with E-state index in [1.165, 1.54) is 43.4 Å². The van der Waals surface area contributed by atoms with Gasteiger partial charge in [0.15, 0.2) is 5.11 Å². The van der Waals surface area contributed by atoms with Crippen LogP contribution in [0.4, 0.5) is 0 Å². The molecule has 1 atom stereocenters. The van der Waals surface area contributed by atoms with Crippen molar-refractivity contribution in [1.82, 2.24) is 20.4 Å². The molecule has 2 rings (SSSR count). The van der Waals surface area contributed by atoms with Gasteiger partial charge in [0, 0.05) is 24.3 Å². The normalized spacial score (nSPS) is 17.8. The van der Waals surface area contributed by atoms with Gasteiger partial charge in [-0.2, -0.15) is 5.10 Å². The fraction of sp³-hybridized carbons (Fsp3) is 0.733. The SMILES string of the molecule is Cc1nn(C)c(C)c1C(C)NC(=S)NC1CCCCC1. The minimum atomic E-state index is 0.187. The second-order valence-corrected chi connectivity index (χ2v) is 6.29. The Morgan fingerprint density at radius 2 is 1.95 bits per heavy atom. The number of thiocarbonyl (C=S) groups is 1. The standard InChI is InChI=1S/C15H26N4S/c1-10(14-11(2)18-19(4)12(14)3)16-15(20)17-13-8-6-5-7-9-13/h10,13H,5-9H2,1-4H3,(H2,16,17,20). The Bertz CT molecular complexity index is 474. The zero-order chi connectivity index (χ0) is 14.7. The van der Waals surface area contributed by atoms with E-state index in [1.54, 1.807) is 0 Å². The number of nitrogens with one attached hydrogen (secondary N) is 2. The lowest BCUT2D eigenvalue weighted by Gasteiger charge is -2.26. The molecule has 1 aromatic rings. The molecule has 0 bridgehead atoms. The van der Waals surface area contributed by atoms with Gasteiger partial charge < -0.3 is 10.6 Å². The molecule has 1 aliphatic carbocycles. The maximum absolute atomic E-state index is 5.45. The van der Waals surface area contributed by atoms with Crippen molar-refractivity contribution in [2.75, 3.05) is 0 Å². The van der Waals surface area contributed by atoms with Crippen molar-refractivity contribution in [3.8, 4) is 0 Å². The summed E-state index contributed by atoms with van der Waals surface area (Å²) in [4.78, 5) is 0. The fourth-order valence-electron chi connectivity index (χ4n) is 3.16. The monoisotopic (exact) mass is 294 g/mol. The lowest BCUT2D eigenvalue weighted by Crippen LogP contribution is -2.43. The van der Waals surface area contributed by atoms with Crippen LogP contribution in [0, 0.1) is 13.8 Å². The van der Waals surface area contributed by atoms with Gasteiger partial charge in [-0.15, -0.1) is 0 Å². The molecule has 0 amide bonds. The van der Waals surface area contributed by atoms with Crippen molar-refractivity contribution in [1.29, 1.82) is 0 Å². The first-order valence-corrected chi connectivity index (χ1v) is 7.97. The van der Waals surface area contributed by atoms with E-state index in [4.69, 9.17) is 12.2 Å². The molecule has 0 aromatic carbocycles. The van der Waals surface area contributed by atoms with Gasteiger partial charge in [0.1, 0.15) is 0 Å². The number of nitrogens with zero attached hydrogens (tertiary/aromatic N) is 2. The quantitative estimate of drug-likeness (QED) is 0.841. The summed E-state index contributed by atoms with van der Waals surface area (Å²) in [6.07, 6.45) is 6.47. The summed E-state index contributed by atoms with van der Waals surface area (Å²) >= 11 is 5.45. The van der Waals surface area contributed by atoms with Crippen molar-refractivity contribution in [2.24, 2.45) is 7.05 Å². The number of hydrogen-bond acceptors (Lipinski definition) is 2. The second-order valence-electron chi connectivity index (χ2n) is 5.88. The Morgan fingerprint density at radius 1 is 1.30 bits per heavy atom. The van der Waals surface area contributed by atoms with Crippen LogP contribution in [-0.2, 0) is 7.05 Å². The molecule has 1 saturated carbocycles. The largest absolute Gasteiger partial charge is 0.360 e. The number of aryl methyl sites for hydroxylation is 2. The average Bonchev–Trinajstić information content (AvgIpc) is 2.64. The Labute approximate surface area is 127 Å². The summed E-state index contributed by atoms with van der Waals surface area (Å²) in [7, 11) is 1.98. The first-order valence-electron chi connectivity index (χ1n) is 7.56.